The standard InChI is InChI=1S/C20H31O/c1-14-12-19(17-10-6-4-8-15(17)2)21-20(13-14)18-11-7-5-9-16(18)3/h12-13,15-18H,4-11H2,1-3H3/q+1. The second kappa shape index (κ2) is 6.50. The Bertz CT molecular complexity index is 438. The summed E-state index contributed by atoms with van der Waals surface area (Å²) in [5.74, 6) is 5.40. The molecule has 116 valence electrons. The first-order valence-corrected chi connectivity index (χ1v) is 9.09. The van der Waals surface area contributed by atoms with Crippen LogP contribution < -0.4 is 0 Å². The Balaban J connectivity index is 1.88. The largest absolute Gasteiger partial charge is 0.333 e. The van der Waals surface area contributed by atoms with Gasteiger partial charge in [0.25, 0.3) is 0 Å². The van der Waals surface area contributed by atoms with Gasteiger partial charge in [0, 0.05) is 12.1 Å². The van der Waals surface area contributed by atoms with Gasteiger partial charge in [0.05, 0.1) is 11.8 Å². The lowest BCUT2D eigenvalue weighted by atomic mass is 9.77. The van der Waals surface area contributed by atoms with Gasteiger partial charge in [-0.2, -0.15) is 0 Å². The van der Waals surface area contributed by atoms with Crippen molar-refractivity contribution in [2.24, 2.45) is 11.8 Å². The molecule has 4 unspecified atom stereocenters. The maximum absolute atomic E-state index is 6.48. The Morgan fingerprint density at radius 2 is 1.19 bits per heavy atom. The molecule has 2 aliphatic carbocycles. The predicted octanol–water partition coefficient (Wildman–Crippen LogP) is 6.46. The molecule has 0 spiro atoms. The zero-order chi connectivity index (χ0) is 14.8. The van der Waals surface area contributed by atoms with Gasteiger partial charge in [-0.1, -0.05) is 39.5 Å². The van der Waals surface area contributed by atoms with Crippen LogP contribution in [-0.2, 0) is 0 Å². The first-order chi connectivity index (χ1) is 10.1. The fourth-order valence-electron chi connectivity index (χ4n) is 4.53. The molecule has 21 heavy (non-hydrogen) atoms. The zero-order valence-corrected chi connectivity index (χ0v) is 14.0. The monoisotopic (exact) mass is 287 g/mol. The van der Waals surface area contributed by atoms with Crippen molar-refractivity contribution in [2.75, 3.05) is 0 Å². The Morgan fingerprint density at radius 3 is 1.62 bits per heavy atom. The Labute approximate surface area is 130 Å². The molecule has 3 rings (SSSR count). The van der Waals surface area contributed by atoms with Gasteiger partial charge in [0.2, 0.25) is 0 Å². The molecule has 1 heterocycles. The molecular weight excluding hydrogens is 256 g/mol. The smallest absolute Gasteiger partial charge is 0.217 e. The maximum Gasteiger partial charge on any atom is 0.333 e. The van der Waals surface area contributed by atoms with Crippen LogP contribution in [-0.4, -0.2) is 0 Å². The van der Waals surface area contributed by atoms with Crippen LogP contribution in [0.3, 0.4) is 0 Å². The summed E-state index contributed by atoms with van der Waals surface area (Å²) >= 11 is 0. The van der Waals surface area contributed by atoms with Crippen LogP contribution in [0.2, 0.25) is 0 Å². The normalized spacial score (nSPS) is 33.9. The Kier molecular flexibility index (Phi) is 4.66. The van der Waals surface area contributed by atoms with Crippen LogP contribution in [0.5, 0.6) is 0 Å². The number of aryl methyl sites for hydroxylation is 1. The van der Waals surface area contributed by atoms with Crippen molar-refractivity contribution in [3.8, 4) is 0 Å². The van der Waals surface area contributed by atoms with Crippen LogP contribution in [0, 0.1) is 18.8 Å². The zero-order valence-electron chi connectivity index (χ0n) is 14.0. The summed E-state index contributed by atoms with van der Waals surface area (Å²) in [6.07, 6.45) is 10.9. The van der Waals surface area contributed by atoms with Gasteiger partial charge in [0.15, 0.2) is 0 Å². The molecule has 2 aliphatic rings. The molecule has 1 heteroatoms. The van der Waals surface area contributed by atoms with E-state index in [9.17, 15) is 0 Å². The van der Waals surface area contributed by atoms with Gasteiger partial charge in [-0.05, 0) is 50.0 Å². The molecule has 0 N–H and O–H groups in total. The first kappa shape index (κ1) is 15.1. The average Bonchev–Trinajstić information content (AvgIpc) is 2.47. The van der Waals surface area contributed by atoms with Gasteiger partial charge in [-0.3, -0.25) is 0 Å². The predicted molar refractivity (Wildman–Crippen MR) is 88.6 cm³/mol. The van der Waals surface area contributed by atoms with E-state index in [2.05, 4.69) is 32.9 Å². The van der Waals surface area contributed by atoms with Crippen LogP contribution in [0.4, 0.5) is 0 Å². The summed E-state index contributed by atoms with van der Waals surface area (Å²) in [6, 6.07) is 4.62. The lowest BCUT2D eigenvalue weighted by Crippen LogP contribution is -2.18. The quantitative estimate of drug-likeness (QED) is 0.568. The van der Waals surface area contributed by atoms with Gasteiger partial charge in [0.1, 0.15) is 0 Å². The van der Waals surface area contributed by atoms with E-state index in [1.54, 1.807) is 0 Å². The van der Waals surface area contributed by atoms with E-state index in [1.165, 1.54) is 68.5 Å². The van der Waals surface area contributed by atoms with Crippen LogP contribution in [0.25, 0.3) is 0 Å². The van der Waals surface area contributed by atoms with Crippen molar-refractivity contribution in [3.05, 3.63) is 29.2 Å². The molecule has 1 nitrogen and oxygen atoms in total. The molecule has 2 fully saturated rings. The second-order valence-corrected chi connectivity index (χ2v) is 7.68. The molecule has 0 saturated heterocycles. The van der Waals surface area contributed by atoms with Crippen LogP contribution in [0.15, 0.2) is 16.5 Å². The van der Waals surface area contributed by atoms with E-state index in [1.807, 2.05) is 0 Å². The van der Waals surface area contributed by atoms with Crippen molar-refractivity contribution >= 4 is 0 Å². The van der Waals surface area contributed by atoms with Crippen LogP contribution in [0.1, 0.15) is 94.1 Å². The molecule has 0 bridgehead atoms. The summed E-state index contributed by atoms with van der Waals surface area (Å²) in [5, 5.41) is 0. The third-order valence-corrected chi connectivity index (χ3v) is 5.93. The summed E-state index contributed by atoms with van der Waals surface area (Å²) < 4.78 is 6.48. The summed E-state index contributed by atoms with van der Waals surface area (Å²) in [6.45, 7) is 7.05. The molecule has 0 aliphatic heterocycles. The van der Waals surface area contributed by atoms with E-state index in [0.29, 0.717) is 11.8 Å². The highest BCUT2D eigenvalue weighted by molar-refractivity contribution is 5.22. The van der Waals surface area contributed by atoms with Crippen molar-refractivity contribution < 1.29 is 4.42 Å². The van der Waals surface area contributed by atoms with E-state index >= 15 is 0 Å². The minimum atomic E-state index is 0.649. The van der Waals surface area contributed by atoms with Crippen molar-refractivity contribution in [3.63, 3.8) is 0 Å². The third-order valence-electron chi connectivity index (χ3n) is 5.93. The summed E-state index contributed by atoms with van der Waals surface area (Å²) in [7, 11) is 0. The third kappa shape index (κ3) is 3.33. The van der Waals surface area contributed by atoms with Crippen molar-refractivity contribution in [1.29, 1.82) is 0 Å². The van der Waals surface area contributed by atoms with Gasteiger partial charge in [-0.25, -0.2) is 4.42 Å². The minimum absolute atomic E-state index is 0.649. The average molecular weight is 287 g/mol. The van der Waals surface area contributed by atoms with Gasteiger partial charge in [-0.15, -0.1) is 0 Å². The molecule has 1 aromatic heterocycles. The SMILES string of the molecule is Cc1cc(C2CCCCC2C)[o+]c(C2CCCCC2C)c1. The molecular formula is C20H31O+. The molecule has 0 radical (unpaired) electrons. The highest BCUT2D eigenvalue weighted by Gasteiger charge is 2.36. The summed E-state index contributed by atoms with van der Waals surface area (Å²) in [4.78, 5) is 0. The van der Waals surface area contributed by atoms with E-state index in [4.69, 9.17) is 4.42 Å². The highest BCUT2D eigenvalue weighted by Crippen LogP contribution is 2.42. The molecule has 1 aromatic rings. The topological polar surface area (TPSA) is 11.3 Å². The lowest BCUT2D eigenvalue weighted by molar-refractivity contribution is 0.247. The minimum Gasteiger partial charge on any atom is -0.217 e. The maximum atomic E-state index is 6.48. The van der Waals surface area contributed by atoms with Gasteiger partial charge >= 0.3 is 11.5 Å². The Morgan fingerprint density at radius 1 is 0.762 bits per heavy atom. The second-order valence-electron chi connectivity index (χ2n) is 7.68. The van der Waals surface area contributed by atoms with E-state index in [-0.39, 0.29) is 0 Å². The summed E-state index contributed by atoms with van der Waals surface area (Å²) in [5.41, 5.74) is 1.39. The van der Waals surface area contributed by atoms with Crippen LogP contribution >= 0.6 is 0 Å². The number of rotatable bonds is 2. The number of hydrogen-bond acceptors (Lipinski definition) is 0. The first-order valence-electron chi connectivity index (χ1n) is 9.09. The fraction of sp³-hybridized carbons (Fsp3) is 0.750. The Hall–Kier alpha value is -0.850. The van der Waals surface area contributed by atoms with E-state index in [0.717, 1.165) is 11.8 Å². The molecule has 0 aromatic carbocycles. The van der Waals surface area contributed by atoms with E-state index < -0.39 is 0 Å². The lowest BCUT2D eigenvalue weighted by Gasteiger charge is -2.26. The number of hydrogen-bond donors (Lipinski definition) is 0. The van der Waals surface area contributed by atoms with Crippen molar-refractivity contribution in [1.82, 2.24) is 0 Å². The highest BCUT2D eigenvalue weighted by atomic mass is 16.3. The van der Waals surface area contributed by atoms with Crippen molar-refractivity contribution in [2.45, 2.75) is 84.0 Å². The van der Waals surface area contributed by atoms with Gasteiger partial charge < -0.3 is 0 Å². The molecule has 4 atom stereocenters. The molecule has 0 amide bonds. The molecule has 2 saturated carbocycles. The fourth-order valence-corrected chi connectivity index (χ4v) is 4.53.